The Balaban J connectivity index is 2.29. The third-order valence-electron chi connectivity index (χ3n) is 4.15. The van der Waals surface area contributed by atoms with Crippen LogP contribution in [0.2, 0.25) is 0 Å². The Labute approximate surface area is 135 Å². The summed E-state index contributed by atoms with van der Waals surface area (Å²) in [6, 6.07) is 0. The lowest BCUT2D eigenvalue weighted by molar-refractivity contribution is -0.500. The van der Waals surface area contributed by atoms with Crippen molar-refractivity contribution in [1.29, 1.82) is 0 Å². The van der Waals surface area contributed by atoms with Gasteiger partial charge < -0.3 is 55.4 Å². The number of hydrogen-bond donors (Lipinski definition) is 9. The Hall–Kier alpha value is -0.480. The summed E-state index contributed by atoms with van der Waals surface area (Å²) in [7, 11) is 0. The van der Waals surface area contributed by atoms with Gasteiger partial charge in [-0.05, 0) is 0 Å². The van der Waals surface area contributed by atoms with Crippen molar-refractivity contribution in [3.05, 3.63) is 0 Å². The van der Waals surface area contributed by atoms with Crippen LogP contribution in [-0.4, -0.2) is 120 Å². The first-order chi connectivity index (χ1) is 11.2. The zero-order valence-corrected chi connectivity index (χ0v) is 12.4. The average molecular weight is 358 g/mol. The summed E-state index contributed by atoms with van der Waals surface area (Å²) in [5, 5.41) is 87.0. The van der Waals surface area contributed by atoms with Crippen LogP contribution in [0.4, 0.5) is 0 Å². The second-order valence-corrected chi connectivity index (χ2v) is 5.74. The molecule has 2 fully saturated rings. The van der Waals surface area contributed by atoms with Crippen molar-refractivity contribution in [3.8, 4) is 0 Å². The van der Waals surface area contributed by atoms with Crippen LogP contribution in [0.1, 0.15) is 0 Å². The summed E-state index contributed by atoms with van der Waals surface area (Å²) in [6.45, 7) is -2.76. The van der Waals surface area contributed by atoms with Gasteiger partial charge in [0.1, 0.15) is 43.2 Å². The maximum Gasteiger partial charge on any atom is 0.313 e. The molecule has 2 saturated heterocycles. The highest BCUT2D eigenvalue weighted by Gasteiger charge is 2.63. The number of ether oxygens (including phenoxy) is 3. The van der Waals surface area contributed by atoms with E-state index in [4.69, 9.17) is 24.4 Å². The topological polar surface area (TPSA) is 210 Å². The predicted molar refractivity (Wildman–Crippen MR) is 69.8 cm³/mol. The zero-order valence-electron chi connectivity index (χ0n) is 12.4. The van der Waals surface area contributed by atoms with E-state index in [9.17, 15) is 35.7 Å². The summed E-state index contributed by atoms with van der Waals surface area (Å²) >= 11 is 0. The smallest absolute Gasteiger partial charge is 0.313 e. The van der Waals surface area contributed by atoms with Crippen molar-refractivity contribution in [1.82, 2.24) is 0 Å². The Morgan fingerprint density at radius 1 is 0.750 bits per heavy atom. The largest absolute Gasteiger partial charge is 0.394 e. The zero-order chi connectivity index (χ0) is 18.3. The van der Waals surface area contributed by atoms with E-state index in [1.165, 1.54) is 0 Å². The van der Waals surface area contributed by atoms with Crippen LogP contribution in [0.3, 0.4) is 0 Å². The maximum atomic E-state index is 10.3. The number of aliphatic hydroxyl groups excluding tert-OH is 8. The molecule has 0 aliphatic carbocycles. The minimum atomic E-state index is -3.11. The van der Waals surface area contributed by atoms with Gasteiger partial charge in [-0.15, -0.1) is 0 Å². The van der Waals surface area contributed by atoms with E-state index < -0.39 is 74.3 Å². The fourth-order valence-electron chi connectivity index (χ4n) is 2.71. The van der Waals surface area contributed by atoms with Gasteiger partial charge in [0.25, 0.3) is 0 Å². The molecule has 0 radical (unpaired) electrons. The van der Waals surface area contributed by atoms with E-state index >= 15 is 0 Å². The van der Waals surface area contributed by atoms with Gasteiger partial charge in [0.05, 0.1) is 13.2 Å². The molecule has 12 heteroatoms. The number of rotatable bonds is 5. The first-order valence-electron chi connectivity index (χ1n) is 7.17. The highest BCUT2D eigenvalue weighted by atomic mass is 16.9. The summed E-state index contributed by atoms with van der Waals surface area (Å²) in [5.74, 6) is -5.62. The molecule has 2 aliphatic heterocycles. The Morgan fingerprint density at radius 2 is 1.29 bits per heavy atom. The Morgan fingerprint density at radius 3 is 1.75 bits per heavy atom. The van der Waals surface area contributed by atoms with Crippen molar-refractivity contribution in [2.45, 2.75) is 54.5 Å². The molecule has 0 aromatic carbocycles. The molecule has 0 spiro atoms. The number of aliphatic hydroxyl groups is 9. The quantitative estimate of drug-likeness (QED) is 0.210. The number of hydrogen-bond acceptors (Lipinski definition) is 12. The fraction of sp³-hybridized carbons (Fsp3) is 1.00. The minimum Gasteiger partial charge on any atom is -0.394 e. The van der Waals surface area contributed by atoms with Crippen molar-refractivity contribution in [2.75, 3.05) is 19.8 Å². The van der Waals surface area contributed by atoms with Crippen LogP contribution >= 0.6 is 0 Å². The van der Waals surface area contributed by atoms with Gasteiger partial charge in [-0.25, -0.2) is 0 Å². The highest BCUT2D eigenvalue weighted by Crippen LogP contribution is 2.39. The van der Waals surface area contributed by atoms with Gasteiger partial charge in [-0.2, -0.15) is 0 Å². The molecule has 9 atom stereocenters. The van der Waals surface area contributed by atoms with E-state index in [1.54, 1.807) is 0 Å². The highest BCUT2D eigenvalue weighted by molar-refractivity contribution is 4.99. The molecular formula is C12H22O12. The summed E-state index contributed by atoms with van der Waals surface area (Å²) in [4.78, 5) is 0. The first kappa shape index (κ1) is 19.8. The normalized spacial score (nSPS) is 52.6. The van der Waals surface area contributed by atoms with Crippen molar-refractivity contribution in [3.63, 3.8) is 0 Å². The standard InChI is InChI=1S/C12H22O12/c13-1-4-6(16)8(18)10(20)12(21,23-4)24-11(3-15)9(19)7(17)5(2-14)22-11/h4-10,13-21H,1-3H2/t4-,5-,6-,7-,8+,9+,10-,11?,12-/m1/s1. The van der Waals surface area contributed by atoms with Gasteiger partial charge in [0.2, 0.25) is 5.79 Å². The van der Waals surface area contributed by atoms with E-state index in [2.05, 4.69) is 0 Å². The molecule has 0 bridgehead atoms. The molecule has 1 unspecified atom stereocenters. The van der Waals surface area contributed by atoms with Crippen molar-refractivity contribution >= 4 is 0 Å². The molecule has 0 aromatic rings. The van der Waals surface area contributed by atoms with E-state index in [0.29, 0.717) is 0 Å². The van der Waals surface area contributed by atoms with Gasteiger partial charge in [-0.3, -0.25) is 4.74 Å². The Bertz CT molecular complexity index is 434. The monoisotopic (exact) mass is 358 g/mol. The van der Waals surface area contributed by atoms with Crippen molar-refractivity contribution in [2.24, 2.45) is 0 Å². The average Bonchev–Trinajstić information content (AvgIpc) is 2.81. The lowest BCUT2D eigenvalue weighted by Gasteiger charge is -2.47. The summed E-state index contributed by atoms with van der Waals surface area (Å²) in [5.41, 5.74) is 0. The second-order valence-electron chi connectivity index (χ2n) is 5.74. The predicted octanol–water partition coefficient (Wildman–Crippen LogP) is -6.08. The van der Waals surface area contributed by atoms with Crippen LogP contribution in [0, 0.1) is 0 Å². The molecule has 0 saturated carbocycles. The van der Waals surface area contributed by atoms with E-state index in [1.807, 2.05) is 0 Å². The van der Waals surface area contributed by atoms with Crippen molar-refractivity contribution < 1.29 is 60.2 Å². The molecule has 2 rings (SSSR count). The molecule has 12 nitrogen and oxygen atoms in total. The molecule has 0 amide bonds. The molecular weight excluding hydrogens is 336 g/mol. The molecule has 2 aliphatic rings. The fourth-order valence-corrected chi connectivity index (χ4v) is 2.71. The third-order valence-corrected chi connectivity index (χ3v) is 4.15. The lowest BCUT2D eigenvalue weighted by atomic mass is 9.97. The Kier molecular flexibility index (Phi) is 5.81. The molecule has 0 aromatic heterocycles. The summed E-state index contributed by atoms with van der Waals surface area (Å²) < 4.78 is 14.8. The van der Waals surface area contributed by atoms with Gasteiger partial charge in [-0.1, -0.05) is 0 Å². The second kappa shape index (κ2) is 7.03. The van der Waals surface area contributed by atoms with Crippen LogP contribution < -0.4 is 0 Å². The molecule has 9 N–H and O–H groups in total. The van der Waals surface area contributed by atoms with Crippen LogP contribution in [0.5, 0.6) is 0 Å². The van der Waals surface area contributed by atoms with Gasteiger partial charge in [0.15, 0.2) is 6.10 Å². The SMILES string of the molecule is OC[C@H]1OC(CO)(O[C@]2(O)O[C@H](CO)[C@@H](O)[C@H](O)[C@H]2O)[C@@H](O)[C@@H]1O. The van der Waals surface area contributed by atoms with Crippen LogP contribution in [-0.2, 0) is 14.2 Å². The van der Waals surface area contributed by atoms with Crippen LogP contribution in [0.25, 0.3) is 0 Å². The maximum absolute atomic E-state index is 10.3. The minimum absolute atomic E-state index is 0.758. The molecule has 2 heterocycles. The third kappa shape index (κ3) is 3.05. The van der Waals surface area contributed by atoms with Gasteiger partial charge in [0, 0.05) is 0 Å². The lowest BCUT2D eigenvalue weighted by Crippen LogP contribution is -2.69. The van der Waals surface area contributed by atoms with Gasteiger partial charge >= 0.3 is 5.97 Å². The van der Waals surface area contributed by atoms with E-state index in [-0.39, 0.29) is 0 Å². The summed E-state index contributed by atoms with van der Waals surface area (Å²) in [6.07, 6.45) is -12.6. The van der Waals surface area contributed by atoms with Crippen LogP contribution in [0.15, 0.2) is 0 Å². The van der Waals surface area contributed by atoms with E-state index in [0.717, 1.165) is 0 Å². The first-order valence-corrected chi connectivity index (χ1v) is 7.17. The molecule has 24 heavy (non-hydrogen) atoms. The molecule has 142 valence electrons.